The topological polar surface area (TPSA) is 15.3 Å². The summed E-state index contributed by atoms with van der Waals surface area (Å²) in [6, 6.07) is 0.238. The molecule has 1 atom stereocenters. The van der Waals surface area contributed by atoms with Crippen molar-refractivity contribution in [3.8, 4) is 0 Å². The molecule has 0 aromatic heterocycles. The Morgan fingerprint density at radius 2 is 1.52 bits per heavy atom. The van der Waals surface area contributed by atoms with E-state index >= 15 is 0 Å². The second-order valence-electron chi connectivity index (χ2n) is 8.82. The Hall–Kier alpha value is -0.920. The summed E-state index contributed by atoms with van der Waals surface area (Å²) in [4.78, 5) is 2.29. The molecule has 2 nitrogen and oxygen atoms in total. The molecule has 0 aliphatic heterocycles. The summed E-state index contributed by atoms with van der Waals surface area (Å²) < 4.78 is 0. The predicted molar refractivity (Wildman–Crippen MR) is 96.2 cm³/mol. The van der Waals surface area contributed by atoms with Crippen LogP contribution in [0.25, 0.3) is 0 Å². The number of likely N-dealkylation sites (N-methyl/N-ethyl adjacent to an activating group) is 1. The third kappa shape index (κ3) is 7.59. The monoisotopic (exact) mass is 294 g/mol. The summed E-state index contributed by atoms with van der Waals surface area (Å²) in [5, 5.41) is 3.60. The Kier molecular flexibility index (Phi) is 7.05. The van der Waals surface area contributed by atoms with Gasteiger partial charge in [-0.3, -0.25) is 0 Å². The molecule has 0 spiro atoms. The summed E-state index contributed by atoms with van der Waals surface area (Å²) in [5.74, 6) is 0.480. The summed E-state index contributed by atoms with van der Waals surface area (Å²) >= 11 is 0. The highest BCUT2D eigenvalue weighted by atomic mass is 15.1. The summed E-state index contributed by atoms with van der Waals surface area (Å²) in [5.41, 5.74) is 2.65. The van der Waals surface area contributed by atoms with E-state index in [1.165, 1.54) is 0 Å². The van der Waals surface area contributed by atoms with Gasteiger partial charge >= 0.3 is 0 Å². The van der Waals surface area contributed by atoms with Crippen LogP contribution in [0, 0.1) is 16.7 Å². The van der Waals surface area contributed by atoms with Crippen LogP contribution in [0.1, 0.15) is 61.8 Å². The molecule has 1 N–H and O–H groups in total. The molecule has 0 saturated carbocycles. The highest BCUT2D eigenvalue weighted by molar-refractivity contribution is 5.13. The first-order valence-corrected chi connectivity index (χ1v) is 8.11. The molecule has 0 bridgehead atoms. The lowest BCUT2D eigenvalue weighted by Gasteiger charge is -2.36. The average Bonchev–Trinajstić information content (AvgIpc) is 2.29. The third-order valence-corrected chi connectivity index (χ3v) is 3.95. The van der Waals surface area contributed by atoms with E-state index in [9.17, 15) is 0 Å². The van der Waals surface area contributed by atoms with Gasteiger partial charge in [0, 0.05) is 30.4 Å². The van der Waals surface area contributed by atoms with E-state index in [2.05, 4.69) is 85.8 Å². The highest BCUT2D eigenvalue weighted by Gasteiger charge is 2.24. The van der Waals surface area contributed by atoms with Crippen molar-refractivity contribution >= 4 is 0 Å². The van der Waals surface area contributed by atoms with E-state index in [0.717, 1.165) is 24.4 Å². The van der Waals surface area contributed by atoms with Gasteiger partial charge in [0.1, 0.15) is 0 Å². The Balaban J connectivity index is 4.81. The van der Waals surface area contributed by atoms with Crippen molar-refractivity contribution in [3.05, 3.63) is 24.6 Å². The lowest BCUT2D eigenvalue weighted by Crippen LogP contribution is -2.42. The van der Waals surface area contributed by atoms with E-state index in [0.29, 0.717) is 11.3 Å². The molecule has 0 aliphatic rings. The number of hydrogen-bond acceptors (Lipinski definition) is 2. The normalized spacial score (nSPS) is 14.0. The fourth-order valence-electron chi connectivity index (χ4n) is 1.92. The Morgan fingerprint density at radius 3 is 1.86 bits per heavy atom. The fourth-order valence-corrected chi connectivity index (χ4v) is 1.92. The molecule has 0 rings (SSSR count). The molecule has 0 saturated heterocycles. The van der Waals surface area contributed by atoms with E-state index < -0.39 is 0 Å². The molecule has 0 heterocycles. The summed E-state index contributed by atoms with van der Waals surface area (Å²) in [6.45, 7) is 27.4. The summed E-state index contributed by atoms with van der Waals surface area (Å²) in [7, 11) is 2.14. The maximum atomic E-state index is 4.33. The van der Waals surface area contributed by atoms with Gasteiger partial charge in [0.15, 0.2) is 0 Å². The van der Waals surface area contributed by atoms with Crippen LogP contribution in [0.3, 0.4) is 0 Å². The third-order valence-electron chi connectivity index (χ3n) is 3.95. The first kappa shape index (κ1) is 20.1. The molecule has 0 aliphatic carbocycles. The van der Waals surface area contributed by atoms with Crippen LogP contribution >= 0.6 is 0 Å². The van der Waals surface area contributed by atoms with E-state index in [4.69, 9.17) is 0 Å². The van der Waals surface area contributed by atoms with E-state index in [1.54, 1.807) is 0 Å². The van der Waals surface area contributed by atoms with Gasteiger partial charge in [-0.2, -0.15) is 0 Å². The number of nitrogens with one attached hydrogen (secondary N) is 1. The van der Waals surface area contributed by atoms with Crippen LogP contribution in [0.2, 0.25) is 0 Å². The largest absolute Gasteiger partial charge is 0.380 e. The molecule has 0 aromatic carbocycles. The van der Waals surface area contributed by atoms with Crippen LogP contribution in [-0.4, -0.2) is 24.5 Å². The van der Waals surface area contributed by atoms with Gasteiger partial charge in [0.05, 0.1) is 6.04 Å². The van der Waals surface area contributed by atoms with Crippen LogP contribution in [0.15, 0.2) is 24.6 Å². The van der Waals surface area contributed by atoms with Crippen LogP contribution in [0.5, 0.6) is 0 Å². The van der Waals surface area contributed by atoms with Crippen molar-refractivity contribution in [2.24, 2.45) is 16.7 Å². The smallest absolute Gasteiger partial charge is 0.0675 e. The second-order valence-corrected chi connectivity index (χ2v) is 8.82. The molecule has 0 fully saturated rings. The maximum absolute atomic E-state index is 4.33. The summed E-state index contributed by atoms with van der Waals surface area (Å²) in [6.07, 6.45) is 1.16. The average molecular weight is 295 g/mol. The second kappa shape index (κ2) is 7.38. The van der Waals surface area contributed by atoms with Gasteiger partial charge in [0.25, 0.3) is 0 Å². The molecule has 124 valence electrons. The van der Waals surface area contributed by atoms with Crippen molar-refractivity contribution in [3.63, 3.8) is 0 Å². The van der Waals surface area contributed by atoms with Gasteiger partial charge in [-0.05, 0) is 17.8 Å². The van der Waals surface area contributed by atoms with E-state index in [-0.39, 0.29) is 11.5 Å². The molecule has 0 amide bonds. The van der Waals surface area contributed by atoms with Crippen molar-refractivity contribution < 1.29 is 0 Å². The van der Waals surface area contributed by atoms with Gasteiger partial charge in [0.2, 0.25) is 0 Å². The maximum Gasteiger partial charge on any atom is 0.0675 e. The minimum Gasteiger partial charge on any atom is -0.380 e. The van der Waals surface area contributed by atoms with Crippen molar-refractivity contribution in [1.29, 1.82) is 0 Å². The lowest BCUT2D eigenvalue weighted by molar-refractivity contribution is 0.272. The van der Waals surface area contributed by atoms with Gasteiger partial charge in [-0.1, -0.05) is 68.5 Å². The zero-order valence-corrected chi connectivity index (χ0v) is 15.9. The zero-order chi connectivity index (χ0) is 17.0. The zero-order valence-electron chi connectivity index (χ0n) is 15.9. The molecule has 21 heavy (non-hydrogen) atoms. The number of allylic oxidation sites excluding steroid dienone is 1. The molecular weight excluding hydrogens is 256 g/mol. The van der Waals surface area contributed by atoms with Crippen LogP contribution < -0.4 is 5.32 Å². The minimum absolute atomic E-state index is 0.0669. The van der Waals surface area contributed by atoms with Gasteiger partial charge in [-0.15, -0.1) is 0 Å². The molecule has 1 unspecified atom stereocenters. The van der Waals surface area contributed by atoms with Crippen LogP contribution in [-0.2, 0) is 0 Å². The van der Waals surface area contributed by atoms with Gasteiger partial charge in [-0.25, -0.2) is 0 Å². The highest BCUT2D eigenvalue weighted by Crippen LogP contribution is 2.25. The van der Waals surface area contributed by atoms with Crippen molar-refractivity contribution in [2.75, 3.05) is 13.6 Å². The van der Waals surface area contributed by atoms with Crippen molar-refractivity contribution in [1.82, 2.24) is 10.2 Å². The number of rotatable bonds is 7. The minimum atomic E-state index is 0.0669. The molecule has 2 heteroatoms. The van der Waals surface area contributed by atoms with E-state index in [1.807, 2.05) is 0 Å². The Morgan fingerprint density at radius 1 is 1.05 bits per heavy atom. The lowest BCUT2D eigenvalue weighted by atomic mass is 9.90. The molecule has 0 aromatic rings. The predicted octanol–water partition coefficient (Wildman–Crippen LogP) is 5.04. The molecule has 0 radical (unpaired) electrons. The van der Waals surface area contributed by atoms with Crippen molar-refractivity contribution in [2.45, 2.75) is 67.9 Å². The number of nitrogens with zero attached hydrogens (tertiary/aromatic N) is 1. The molecular formula is C19H38N2. The first-order valence-electron chi connectivity index (χ1n) is 8.11. The number of hydrogen-bond donors (Lipinski definition) is 1. The fraction of sp³-hybridized carbons (Fsp3) is 0.789. The Labute approximate surface area is 133 Å². The van der Waals surface area contributed by atoms with Gasteiger partial charge < -0.3 is 10.2 Å². The Bertz CT molecular complexity index is 353. The SMILES string of the molecule is C=C(C(NC(=C)C(C)(C)C)C(C)C)N(C)CCC(C)(C)C. The van der Waals surface area contributed by atoms with Crippen LogP contribution in [0.4, 0.5) is 0 Å². The quantitative estimate of drug-likeness (QED) is 0.707. The standard InChI is InChI=1S/C19H38N2/c1-14(2)17(20-16(4)19(8,9)10)15(3)21(11)13-12-18(5,6)7/h14,17,20H,3-4,12-13H2,1-2,5-11H3. The first-order chi connectivity index (χ1) is 9.25.